The molecule has 1 saturated heterocycles. The largest absolute Gasteiger partial charge is 0.510 e. The van der Waals surface area contributed by atoms with Gasteiger partial charge in [-0.1, -0.05) is 71.7 Å². The lowest BCUT2D eigenvalue weighted by Gasteiger charge is -2.26. The maximum Gasteiger partial charge on any atom is 0.510 e. The van der Waals surface area contributed by atoms with Crippen LogP contribution in [0, 0.1) is 23.7 Å². The number of hydrogen-bond acceptors (Lipinski definition) is 9. The maximum atomic E-state index is 12.1. The molecular formula is C31H46O9. The number of carbonyl (C=O) groups is 2. The molecular weight excluding hydrogens is 516 g/mol. The lowest BCUT2D eigenvalue weighted by Crippen LogP contribution is -2.33. The minimum absolute atomic E-state index is 0.126. The smallest absolute Gasteiger partial charge is 0.490 e. The van der Waals surface area contributed by atoms with Gasteiger partial charge in [0.15, 0.2) is 6.29 Å². The number of allylic oxidation sites excluding steroid dienone is 1. The van der Waals surface area contributed by atoms with Gasteiger partial charge in [-0.15, -0.1) is 0 Å². The van der Waals surface area contributed by atoms with E-state index in [0.717, 1.165) is 5.92 Å². The lowest BCUT2D eigenvalue weighted by atomic mass is 9.80. The Labute approximate surface area is 238 Å². The summed E-state index contributed by atoms with van der Waals surface area (Å²) < 4.78 is 38.0. The Balaban J connectivity index is 1.51. The van der Waals surface area contributed by atoms with E-state index in [2.05, 4.69) is 19.1 Å². The number of hydrogen-bond donors (Lipinski definition) is 0. The zero-order chi connectivity index (χ0) is 28.9. The van der Waals surface area contributed by atoms with E-state index in [0.29, 0.717) is 23.8 Å². The molecule has 1 aromatic rings. The van der Waals surface area contributed by atoms with Crippen LogP contribution in [-0.4, -0.2) is 44.7 Å². The van der Waals surface area contributed by atoms with Crippen molar-refractivity contribution in [1.82, 2.24) is 0 Å². The fourth-order valence-electron chi connectivity index (χ4n) is 4.65. The van der Waals surface area contributed by atoms with Crippen molar-refractivity contribution < 1.29 is 42.7 Å². The molecule has 0 N–H and O–H groups in total. The molecule has 9 nitrogen and oxygen atoms in total. The second-order valence-electron chi connectivity index (χ2n) is 11.4. The van der Waals surface area contributed by atoms with Crippen molar-refractivity contribution in [2.75, 3.05) is 19.8 Å². The lowest BCUT2D eigenvalue weighted by molar-refractivity contribution is -0.160. The summed E-state index contributed by atoms with van der Waals surface area (Å²) in [7, 11) is 0. The summed E-state index contributed by atoms with van der Waals surface area (Å²) >= 11 is 0. The fourth-order valence-corrected chi connectivity index (χ4v) is 4.65. The first-order valence-electron chi connectivity index (χ1n) is 14.6. The van der Waals surface area contributed by atoms with Crippen molar-refractivity contribution in [2.45, 2.75) is 92.0 Å². The Morgan fingerprint density at radius 1 is 0.875 bits per heavy atom. The van der Waals surface area contributed by atoms with Crippen LogP contribution in [0.15, 0.2) is 36.4 Å². The SMILES string of the molecule is CCCC1CCC(/C=C/COc2ccc(C3O[C@H](OC(=O)OCC(C)C)[C@@H](OC(=O)OCC(C)C)O3)cc2)CC1. The van der Waals surface area contributed by atoms with Crippen LogP contribution >= 0.6 is 0 Å². The highest BCUT2D eigenvalue weighted by molar-refractivity contribution is 5.61. The van der Waals surface area contributed by atoms with Gasteiger partial charge in [0.05, 0.1) is 13.2 Å². The van der Waals surface area contributed by atoms with Crippen LogP contribution in [0.3, 0.4) is 0 Å². The first-order chi connectivity index (χ1) is 19.2. The molecule has 0 amide bonds. The third kappa shape index (κ3) is 11.0. The third-order valence-corrected chi connectivity index (χ3v) is 6.73. The summed E-state index contributed by atoms with van der Waals surface area (Å²) in [5, 5.41) is 0. The molecule has 2 aliphatic rings. The molecule has 40 heavy (non-hydrogen) atoms. The van der Waals surface area contributed by atoms with E-state index in [4.69, 9.17) is 33.2 Å². The predicted molar refractivity (Wildman–Crippen MR) is 148 cm³/mol. The minimum atomic E-state index is -1.32. The molecule has 1 saturated carbocycles. The summed E-state index contributed by atoms with van der Waals surface area (Å²) in [6.07, 6.45) is 6.71. The highest BCUT2D eigenvalue weighted by Gasteiger charge is 2.43. The third-order valence-electron chi connectivity index (χ3n) is 6.73. The number of carbonyl (C=O) groups excluding carboxylic acids is 2. The van der Waals surface area contributed by atoms with Crippen LogP contribution in [0.2, 0.25) is 0 Å². The van der Waals surface area contributed by atoms with Crippen molar-refractivity contribution in [2.24, 2.45) is 23.7 Å². The van der Waals surface area contributed by atoms with Crippen LogP contribution in [0.4, 0.5) is 9.59 Å². The fraction of sp³-hybridized carbons (Fsp3) is 0.677. The van der Waals surface area contributed by atoms with Gasteiger partial charge in [0, 0.05) is 5.56 Å². The molecule has 0 unspecified atom stereocenters. The first kappa shape index (κ1) is 31.7. The summed E-state index contributed by atoms with van der Waals surface area (Å²) in [6, 6.07) is 7.19. The molecule has 2 atom stereocenters. The van der Waals surface area contributed by atoms with E-state index in [-0.39, 0.29) is 25.0 Å². The van der Waals surface area contributed by atoms with Crippen LogP contribution < -0.4 is 4.74 Å². The Hall–Kier alpha value is -2.78. The topological polar surface area (TPSA) is 98.8 Å². The number of rotatable bonds is 13. The van der Waals surface area contributed by atoms with Crippen molar-refractivity contribution in [1.29, 1.82) is 0 Å². The van der Waals surface area contributed by atoms with Gasteiger partial charge in [-0.05, 0) is 61.5 Å². The average molecular weight is 563 g/mol. The Morgan fingerprint density at radius 3 is 1.93 bits per heavy atom. The molecule has 2 fully saturated rings. The van der Waals surface area contributed by atoms with Crippen LogP contribution in [0.1, 0.15) is 85.0 Å². The van der Waals surface area contributed by atoms with Crippen molar-refractivity contribution >= 4 is 12.3 Å². The van der Waals surface area contributed by atoms with Gasteiger partial charge in [0.2, 0.25) is 0 Å². The molecule has 1 aliphatic heterocycles. The van der Waals surface area contributed by atoms with E-state index in [1.807, 2.05) is 39.8 Å². The monoisotopic (exact) mass is 562 g/mol. The molecule has 224 valence electrons. The second kappa shape index (κ2) is 16.5. The van der Waals surface area contributed by atoms with Gasteiger partial charge >= 0.3 is 12.3 Å². The van der Waals surface area contributed by atoms with Gasteiger partial charge in [-0.2, -0.15) is 0 Å². The van der Waals surface area contributed by atoms with Crippen molar-refractivity contribution in [3.63, 3.8) is 0 Å². The van der Waals surface area contributed by atoms with Gasteiger partial charge in [0.1, 0.15) is 12.4 Å². The van der Waals surface area contributed by atoms with Crippen molar-refractivity contribution in [3.05, 3.63) is 42.0 Å². The molecule has 1 aromatic carbocycles. The minimum Gasteiger partial charge on any atom is -0.490 e. The standard InChI is InChI=1S/C31H46O9/c1-6-8-23-10-12-24(13-11-23)9-7-18-34-26-16-14-25(15-17-26)27-37-28(39-30(32)35-19-21(2)3)29(38-27)40-31(33)36-20-22(4)5/h7,9,14-17,21-24,27-29H,6,8,10-13,18-20H2,1-5H3/b9-7+/t23?,24?,28-,29-/m1/s1. The molecule has 0 spiro atoms. The van der Waals surface area contributed by atoms with Gasteiger partial charge in [0.25, 0.3) is 12.6 Å². The molecule has 3 rings (SSSR count). The molecule has 1 heterocycles. The van der Waals surface area contributed by atoms with E-state index >= 15 is 0 Å². The van der Waals surface area contributed by atoms with Gasteiger partial charge in [-0.3, -0.25) is 0 Å². The average Bonchev–Trinajstić information content (AvgIpc) is 3.31. The molecule has 0 radical (unpaired) electrons. The Bertz CT molecular complexity index is 885. The van der Waals surface area contributed by atoms with Crippen LogP contribution in [-0.2, 0) is 28.4 Å². The van der Waals surface area contributed by atoms with Crippen LogP contribution in [0.25, 0.3) is 0 Å². The second-order valence-corrected chi connectivity index (χ2v) is 11.4. The highest BCUT2D eigenvalue weighted by atomic mass is 16.9. The zero-order valence-electron chi connectivity index (χ0n) is 24.5. The Morgan fingerprint density at radius 2 is 1.43 bits per heavy atom. The van der Waals surface area contributed by atoms with E-state index in [9.17, 15) is 9.59 Å². The molecule has 0 bridgehead atoms. The summed E-state index contributed by atoms with van der Waals surface area (Å²) in [6.45, 7) is 10.7. The predicted octanol–water partition coefficient (Wildman–Crippen LogP) is 7.54. The maximum absolute atomic E-state index is 12.1. The van der Waals surface area contributed by atoms with Gasteiger partial charge < -0.3 is 33.2 Å². The van der Waals surface area contributed by atoms with E-state index in [1.165, 1.54) is 38.5 Å². The quantitative estimate of drug-likeness (QED) is 0.178. The normalized spacial score (nSPS) is 23.5. The summed E-state index contributed by atoms with van der Waals surface area (Å²) in [5.41, 5.74) is 0.637. The van der Waals surface area contributed by atoms with Crippen molar-refractivity contribution in [3.8, 4) is 5.75 Å². The van der Waals surface area contributed by atoms with Crippen LogP contribution in [0.5, 0.6) is 5.75 Å². The molecule has 0 aromatic heterocycles. The number of benzene rings is 1. The Kier molecular flexibility index (Phi) is 13.1. The zero-order valence-corrected chi connectivity index (χ0v) is 24.5. The van der Waals surface area contributed by atoms with Gasteiger partial charge in [-0.25, -0.2) is 9.59 Å². The molecule has 1 aliphatic carbocycles. The molecule has 9 heteroatoms. The first-order valence-corrected chi connectivity index (χ1v) is 14.6. The number of ether oxygens (including phenoxy) is 7. The summed E-state index contributed by atoms with van der Waals surface area (Å²) in [4.78, 5) is 24.3. The summed E-state index contributed by atoms with van der Waals surface area (Å²) in [5.74, 6) is 2.50. The van der Waals surface area contributed by atoms with E-state index < -0.39 is 31.2 Å². The van der Waals surface area contributed by atoms with E-state index in [1.54, 1.807) is 12.1 Å². The highest BCUT2D eigenvalue weighted by Crippen LogP contribution is 2.34.